The first-order valence-electron chi connectivity index (χ1n) is 10.8. The van der Waals surface area contributed by atoms with Crippen molar-refractivity contribution in [1.82, 2.24) is 20.2 Å². The fraction of sp³-hybridized carbons (Fsp3) is 0.435. The number of amides is 1. The Hall–Kier alpha value is -2.93. The number of hydrogen-bond acceptors (Lipinski definition) is 6. The van der Waals surface area contributed by atoms with Crippen LogP contribution in [0, 0.1) is 0 Å². The molecule has 1 fully saturated rings. The molecule has 1 aromatic carbocycles. The number of nitrogens with one attached hydrogen (secondary N) is 1. The molecule has 1 aliphatic heterocycles. The number of piperazine rings is 1. The molecule has 3 heterocycles. The zero-order chi connectivity index (χ0) is 20.3. The fourth-order valence-electron chi connectivity index (χ4n) is 4.50. The van der Waals surface area contributed by atoms with Crippen LogP contribution in [0.15, 0.2) is 41.3 Å². The quantitative estimate of drug-likeness (QED) is 0.678. The van der Waals surface area contributed by atoms with E-state index in [-0.39, 0.29) is 5.91 Å². The van der Waals surface area contributed by atoms with Crippen molar-refractivity contribution in [3.8, 4) is 0 Å². The Morgan fingerprint density at radius 1 is 1.07 bits per heavy atom. The number of furan rings is 1. The first-order chi connectivity index (χ1) is 14.8. The third-order valence-electron chi connectivity index (χ3n) is 6.18. The summed E-state index contributed by atoms with van der Waals surface area (Å²) >= 11 is 0. The van der Waals surface area contributed by atoms with Gasteiger partial charge in [-0.05, 0) is 48.6 Å². The van der Waals surface area contributed by atoms with Crippen molar-refractivity contribution in [3.63, 3.8) is 0 Å². The molecule has 2 aromatic heterocycles. The Bertz CT molecular complexity index is 1020. The van der Waals surface area contributed by atoms with E-state index in [1.165, 1.54) is 17.5 Å². The van der Waals surface area contributed by atoms with Crippen LogP contribution < -0.4 is 10.2 Å². The molecular weight excluding hydrogens is 378 g/mol. The Balaban J connectivity index is 1.09. The molecule has 7 nitrogen and oxygen atoms in total. The van der Waals surface area contributed by atoms with Gasteiger partial charge in [0, 0.05) is 62.6 Å². The third-order valence-corrected chi connectivity index (χ3v) is 6.18. The highest BCUT2D eigenvalue weighted by Crippen LogP contribution is 2.30. The lowest BCUT2D eigenvalue weighted by molar-refractivity contribution is -0.120. The second kappa shape index (κ2) is 8.44. The summed E-state index contributed by atoms with van der Waals surface area (Å²) in [5, 5.41) is 4.16. The monoisotopic (exact) mass is 405 g/mol. The van der Waals surface area contributed by atoms with Gasteiger partial charge in [-0.25, -0.2) is 9.97 Å². The number of nitrogens with zero attached hydrogens (tertiary/aromatic N) is 4. The first kappa shape index (κ1) is 19.1. The summed E-state index contributed by atoms with van der Waals surface area (Å²) in [5.74, 6) is 0.845. The van der Waals surface area contributed by atoms with Crippen molar-refractivity contribution in [2.75, 3.05) is 44.2 Å². The zero-order valence-electron chi connectivity index (χ0n) is 17.1. The molecule has 1 aliphatic carbocycles. The smallest absolute Gasteiger partial charge is 0.225 e. The molecule has 0 radical (unpaired) electrons. The molecule has 156 valence electrons. The summed E-state index contributed by atoms with van der Waals surface area (Å²) in [5.41, 5.74) is 4.68. The SMILES string of the molecule is O=C(Cc1coc2cc3c(cc12)CCC3)NCCN1CCN(c2ncccn2)CC1. The molecular formula is C23H27N5O2. The normalized spacial score (nSPS) is 16.7. The molecule has 1 N–H and O–H groups in total. The highest BCUT2D eigenvalue weighted by atomic mass is 16.3. The number of hydrogen-bond donors (Lipinski definition) is 1. The molecule has 1 saturated heterocycles. The first-order valence-corrected chi connectivity index (χ1v) is 10.8. The number of fused-ring (bicyclic) bond motifs is 2. The second-order valence-electron chi connectivity index (χ2n) is 8.14. The van der Waals surface area contributed by atoms with Gasteiger partial charge < -0.3 is 14.6 Å². The number of benzene rings is 1. The van der Waals surface area contributed by atoms with Gasteiger partial charge in [0.15, 0.2) is 0 Å². The van der Waals surface area contributed by atoms with E-state index in [4.69, 9.17) is 4.42 Å². The minimum absolute atomic E-state index is 0.0505. The molecule has 7 heteroatoms. The zero-order valence-corrected chi connectivity index (χ0v) is 17.1. The number of aromatic nitrogens is 2. The Morgan fingerprint density at radius 2 is 1.83 bits per heavy atom. The van der Waals surface area contributed by atoms with E-state index in [9.17, 15) is 4.79 Å². The summed E-state index contributed by atoms with van der Waals surface area (Å²) in [7, 11) is 0. The van der Waals surface area contributed by atoms with Gasteiger partial charge in [-0.3, -0.25) is 9.69 Å². The summed E-state index contributed by atoms with van der Waals surface area (Å²) < 4.78 is 5.72. The van der Waals surface area contributed by atoms with E-state index in [1.807, 2.05) is 6.07 Å². The summed E-state index contributed by atoms with van der Waals surface area (Å²) in [4.78, 5) is 25.7. The number of rotatable bonds is 6. The van der Waals surface area contributed by atoms with E-state index in [0.29, 0.717) is 13.0 Å². The molecule has 2 aliphatic rings. The van der Waals surface area contributed by atoms with Crippen LogP contribution in [0.2, 0.25) is 0 Å². The molecule has 0 saturated carbocycles. The molecule has 1 amide bonds. The lowest BCUT2D eigenvalue weighted by Crippen LogP contribution is -2.49. The second-order valence-corrected chi connectivity index (χ2v) is 8.14. The van der Waals surface area contributed by atoms with Crippen molar-refractivity contribution >= 4 is 22.8 Å². The van der Waals surface area contributed by atoms with E-state index in [0.717, 1.165) is 68.0 Å². The standard InChI is InChI=1S/C23H27N5O2/c29-22(15-19-16-30-21-14-18-4-1-3-17(18)13-20(19)21)24-7-8-27-9-11-28(12-10-27)23-25-5-2-6-26-23/h2,5-6,13-14,16H,1,3-4,7-12,15H2,(H,24,29). The molecule has 5 rings (SSSR count). The lowest BCUT2D eigenvalue weighted by atomic mass is 10.0. The van der Waals surface area contributed by atoms with Gasteiger partial charge in [0.1, 0.15) is 5.58 Å². The fourth-order valence-corrected chi connectivity index (χ4v) is 4.50. The number of aryl methyl sites for hydroxylation is 2. The number of anilines is 1. The average molecular weight is 406 g/mol. The van der Waals surface area contributed by atoms with Crippen molar-refractivity contribution in [2.45, 2.75) is 25.7 Å². The van der Waals surface area contributed by atoms with Crippen LogP contribution in [0.1, 0.15) is 23.1 Å². The maximum atomic E-state index is 12.5. The average Bonchev–Trinajstić information content (AvgIpc) is 3.40. The topological polar surface area (TPSA) is 74.5 Å². The third kappa shape index (κ3) is 4.03. The van der Waals surface area contributed by atoms with E-state index in [1.54, 1.807) is 18.7 Å². The maximum Gasteiger partial charge on any atom is 0.225 e. The van der Waals surface area contributed by atoms with Gasteiger partial charge in [-0.2, -0.15) is 0 Å². The predicted molar refractivity (Wildman–Crippen MR) is 116 cm³/mol. The van der Waals surface area contributed by atoms with Crippen molar-refractivity contribution in [1.29, 1.82) is 0 Å². The lowest BCUT2D eigenvalue weighted by Gasteiger charge is -2.34. The number of carbonyl (C=O) groups excluding carboxylic acids is 1. The van der Waals surface area contributed by atoms with Crippen LogP contribution in [0.25, 0.3) is 11.0 Å². The highest BCUT2D eigenvalue weighted by Gasteiger charge is 2.19. The van der Waals surface area contributed by atoms with Crippen LogP contribution in [-0.4, -0.2) is 60.0 Å². The minimum atomic E-state index is 0.0505. The van der Waals surface area contributed by atoms with Gasteiger partial charge in [0.25, 0.3) is 0 Å². The van der Waals surface area contributed by atoms with Gasteiger partial charge in [-0.1, -0.05) is 0 Å². The van der Waals surface area contributed by atoms with E-state index >= 15 is 0 Å². The molecule has 0 bridgehead atoms. The maximum absolute atomic E-state index is 12.5. The van der Waals surface area contributed by atoms with Crippen LogP contribution in [-0.2, 0) is 24.1 Å². The summed E-state index contributed by atoms with van der Waals surface area (Å²) in [6, 6.07) is 6.21. The Morgan fingerprint density at radius 3 is 2.63 bits per heavy atom. The Kier molecular flexibility index (Phi) is 5.36. The van der Waals surface area contributed by atoms with E-state index < -0.39 is 0 Å². The molecule has 0 atom stereocenters. The summed E-state index contributed by atoms with van der Waals surface area (Å²) in [6.45, 7) is 5.23. The van der Waals surface area contributed by atoms with E-state index in [2.05, 4.69) is 37.2 Å². The van der Waals surface area contributed by atoms with Crippen molar-refractivity contribution in [2.24, 2.45) is 0 Å². The summed E-state index contributed by atoms with van der Waals surface area (Å²) in [6.07, 6.45) is 9.14. The molecule has 0 spiro atoms. The minimum Gasteiger partial charge on any atom is -0.464 e. The van der Waals surface area contributed by atoms with Crippen molar-refractivity contribution < 1.29 is 9.21 Å². The number of carbonyl (C=O) groups is 1. The Labute approximate surface area is 176 Å². The van der Waals surface area contributed by atoms with Crippen LogP contribution in [0.5, 0.6) is 0 Å². The van der Waals surface area contributed by atoms with Gasteiger partial charge in [-0.15, -0.1) is 0 Å². The van der Waals surface area contributed by atoms with Crippen LogP contribution >= 0.6 is 0 Å². The predicted octanol–water partition coefficient (Wildman–Crippen LogP) is 2.19. The van der Waals surface area contributed by atoms with Gasteiger partial charge >= 0.3 is 0 Å². The van der Waals surface area contributed by atoms with Gasteiger partial charge in [0.2, 0.25) is 11.9 Å². The largest absolute Gasteiger partial charge is 0.464 e. The van der Waals surface area contributed by atoms with Gasteiger partial charge in [0.05, 0.1) is 12.7 Å². The highest BCUT2D eigenvalue weighted by molar-refractivity contribution is 5.88. The van der Waals surface area contributed by atoms with Crippen molar-refractivity contribution in [3.05, 3.63) is 53.5 Å². The van der Waals surface area contributed by atoms with Crippen LogP contribution in [0.3, 0.4) is 0 Å². The molecule has 30 heavy (non-hydrogen) atoms. The molecule has 0 unspecified atom stereocenters. The molecule has 3 aromatic rings. The van der Waals surface area contributed by atoms with Crippen LogP contribution in [0.4, 0.5) is 5.95 Å².